The maximum Gasteiger partial charge on any atom is 0.228 e. The Morgan fingerprint density at radius 1 is 1.04 bits per heavy atom. The first-order valence-corrected chi connectivity index (χ1v) is 7.93. The fraction of sp³-hybridized carbons (Fsp3) is 0.316. The molecule has 1 amide bonds. The fourth-order valence-electron chi connectivity index (χ4n) is 2.60. The van der Waals surface area contributed by atoms with E-state index in [1.165, 1.54) is 5.56 Å². The van der Waals surface area contributed by atoms with Crippen LogP contribution < -0.4 is 14.8 Å². The standard InChI is InChI=1S/C19H21NO3/c1-3-14-5-4-13(2)16(10-14)20-19(21)12-15-6-7-17-18(11-15)23-9-8-22-17/h4-7,10-11H,3,8-9,12H2,1-2H3,(H,20,21). The molecule has 0 radical (unpaired) electrons. The van der Waals surface area contributed by atoms with E-state index in [9.17, 15) is 4.79 Å². The number of hydrogen-bond donors (Lipinski definition) is 1. The highest BCUT2D eigenvalue weighted by atomic mass is 16.6. The van der Waals surface area contributed by atoms with Gasteiger partial charge in [-0.15, -0.1) is 0 Å². The second-order valence-corrected chi connectivity index (χ2v) is 5.71. The van der Waals surface area contributed by atoms with Crippen LogP contribution in [0.5, 0.6) is 11.5 Å². The van der Waals surface area contributed by atoms with E-state index < -0.39 is 0 Å². The maximum absolute atomic E-state index is 12.3. The zero-order valence-corrected chi connectivity index (χ0v) is 13.5. The third-order valence-electron chi connectivity index (χ3n) is 3.96. The summed E-state index contributed by atoms with van der Waals surface area (Å²) in [5, 5.41) is 3.00. The molecule has 0 spiro atoms. The molecule has 0 atom stereocenters. The van der Waals surface area contributed by atoms with Crippen LogP contribution in [0.25, 0.3) is 0 Å². The van der Waals surface area contributed by atoms with Crippen LogP contribution in [0.15, 0.2) is 36.4 Å². The van der Waals surface area contributed by atoms with Crippen LogP contribution in [0.2, 0.25) is 0 Å². The van der Waals surface area contributed by atoms with Crippen molar-refractivity contribution in [3.05, 3.63) is 53.1 Å². The number of benzene rings is 2. The maximum atomic E-state index is 12.3. The number of ether oxygens (including phenoxy) is 2. The molecule has 1 aliphatic rings. The number of carbonyl (C=O) groups is 1. The molecule has 0 aromatic heterocycles. The van der Waals surface area contributed by atoms with Crippen molar-refractivity contribution in [1.29, 1.82) is 0 Å². The van der Waals surface area contributed by atoms with Gasteiger partial charge in [0.1, 0.15) is 13.2 Å². The predicted molar refractivity (Wildman–Crippen MR) is 90.3 cm³/mol. The first kappa shape index (κ1) is 15.4. The molecule has 0 saturated carbocycles. The van der Waals surface area contributed by atoms with Crippen LogP contribution in [0.1, 0.15) is 23.6 Å². The SMILES string of the molecule is CCc1ccc(C)c(NC(=O)Cc2ccc3c(c2)OCCO3)c1. The summed E-state index contributed by atoms with van der Waals surface area (Å²) >= 11 is 0. The fourth-order valence-corrected chi connectivity index (χ4v) is 2.60. The number of amides is 1. The van der Waals surface area contributed by atoms with Crippen LogP contribution in [0.3, 0.4) is 0 Å². The molecular weight excluding hydrogens is 290 g/mol. The van der Waals surface area contributed by atoms with E-state index in [0.29, 0.717) is 25.4 Å². The lowest BCUT2D eigenvalue weighted by atomic mass is 10.1. The van der Waals surface area contributed by atoms with Crippen molar-refractivity contribution < 1.29 is 14.3 Å². The highest BCUT2D eigenvalue weighted by Gasteiger charge is 2.13. The number of rotatable bonds is 4. The molecule has 3 rings (SSSR count). The molecular formula is C19H21NO3. The zero-order chi connectivity index (χ0) is 16.2. The van der Waals surface area contributed by atoms with Gasteiger partial charge in [0.25, 0.3) is 0 Å². The summed E-state index contributed by atoms with van der Waals surface area (Å²) in [7, 11) is 0. The Labute approximate surface area is 136 Å². The highest BCUT2D eigenvalue weighted by Crippen LogP contribution is 2.31. The lowest BCUT2D eigenvalue weighted by Crippen LogP contribution is -2.17. The molecule has 0 bridgehead atoms. The van der Waals surface area contributed by atoms with E-state index in [2.05, 4.69) is 18.3 Å². The number of fused-ring (bicyclic) bond motifs is 1. The van der Waals surface area contributed by atoms with Gasteiger partial charge in [-0.3, -0.25) is 4.79 Å². The van der Waals surface area contributed by atoms with Gasteiger partial charge in [-0.05, 0) is 48.2 Å². The quantitative estimate of drug-likeness (QED) is 0.940. The minimum absolute atomic E-state index is 0.0296. The van der Waals surface area contributed by atoms with E-state index in [1.54, 1.807) is 0 Å². The van der Waals surface area contributed by atoms with Crippen molar-refractivity contribution in [3.63, 3.8) is 0 Å². The van der Waals surface area contributed by atoms with Crippen molar-refractivity contribution in [2.45, 2.75) is 26.7 Å². The largest absolute Gasteiger partial charge is 0.486 e. The van der Waals surface area contributed by atoms with Gasteiger partial charge in [0.05, 0.1) is 6.42 Å². The molecule has 0 aliphatic carbocycles. The van der Waals surface area contributed by atoms with E-state index in [4.69, 9.17) is 9.47 Å². The molecule has 1 N–H and O–H groups in total. The second-order valence-electron chi connectivity index (χ2n) is 5.71. The van der Waals surface area contributed by atoms with E-state index in [0.717, 1.165) is 29.0 Å². The first-order valence-electron chi connectivity index (χ1n) is 7.93. The van der Waals surface area contributed by atoms with Crippen LogP contribution >= 0.6 is 0 Å². The topological polar surface area (TPSA) is 47.6 Å². The van der Waals surface area contributed by atoms with E-state index in [-0.39, 0.29) is 5.91 Å². The number of anilines is 1. The number of aryl methyl sites for hydroxylation is 2. The Kier molecular flexibility index (Phi) is 4.51. The highest BCUT2D eigenvalue weighted by molar-refractivity contribution is 5.93. The minimum Gasteiger partial charge on any atom is -0.486 e. The number of carbonyl (C=O) groups excluding carboxylic acids is 1. The summed E-state index contributed by atoms with van der Waals surface area (Å²) < 4.78 is 11.1. The van der Waals surface area contributed by atoms with E-state index in [1.807, 2.05) is 37.3 Å². The van der Waals surface area contributed by atoms with Crippen molar-refractivity contribution >= 4 is 11.6 Å². The van der Waals surface area contributed by atoms with Gasteiger partial charge in [0, 0.05) is 5.69 Å². The average Bonchev–Trinajstić information content (AvgIpc) is 2.56. The summed E-state index contributed by atoms with van der Waals surface area (Å²) in [6.07, 6.45) is 1.26. The summed E-state index contributed by atoms with van der Waals surface area (Å²) in [6.45, 7) is 5.22. The Morgan fingerprint density at radius 2 is 1.78 bits per heavy atom. The molecule has 23 heavy (non-hydrogen) atoms. The van der Waals surface area contributed by atoms with Crippen molar-refractivity contribution in [1.82, 2.24) is 0 Å². The molecule has 4 heteroatoms. The Hall–Kier alpha value is -2.49. The van der Waals surface area contributed by atoms with Crippen molar-refractivity contribution in [2.75, 3.05) is 18.5 Å². The smallest absolute Gasteiger partial charge is 0.228 e. The first-order chi connectivity index (χ1) is 11.2. The van der Waals surface area contributed by atoms with Crippen molar-refractivity contribution in [2.24, 2.45) is 0 Å². The van der Waals surface area contributed by atoms with Crippen LogP contribution in [-0.4, -0.2) is 19.1 Å². The lowest BCUT2D eigenvalue weighted by Gasteiger charge is -2.18. The van der Waals surface area contributed by atoms with Crippen molar-refractivity contribution in [3.8, 4) is 11.5 Å². The summed E-state index contributed by atoms with van der Waals surface area (Å²) in [5.41, 5.74) is 4.07. The molecule has 1 aliphatic heterocycles. The van der Waals surface area contributed by atoms with Gasteiger partial charge >= 0.3 is 0 Å². The minimum atomic E-state index is -0.0296. The predicted octanol–water partition coefficient (Wildman–Crippen LogP) is 3.51. The molecule has 120 valence electrons. The van der Waals surface area contributed by atoms with Gasteiger partial charge < -0.3 is 14.8 Å². The lowest BCUT2D eigenvalue weighted by molar-refractivity contribution is -0.115. The Bertz CT molecular complexity index is 725. The molecule has 0 unspecified atom stereocenters. The Balaban J connectivity index is 1.70. The van der Waals surface area contributed by atoms with Gasteiger partial charge in [-0.25, -0.2) is 0 Å². The average molecular weight is 311 g/mol. The van der Waals surface area contributed by atoms with Crippen LogP contribution in [-0.2, 0) is 17.6 Å². The van der Waals surface area contributed by atoms with Gasteiger partial charge in [0.15, 0.2) is 11.5 Å². The van der Waals surface area contributed by atoms with Gasteiger partial charge in [-0.1, -0.05) is 25.1 Å². The van der Waals surface area contributed by atoms with Gasteiger partial charge in [-0.2, -0.15) is 0 Å². The second kappa shape index (κ2) is 6.73. The Morgan fingerprint density at radius 3 is 2.57 bits per heavy atom. The molecule has 1 heterocycles. The number of hydrogen-bond acceptors (Lipinski definition) is 3. The van der Waals surface area contributed by atoms with Gasteiger partial charge in [0.2, 0.25) is 5.91 Å². The normalized spacial score (nSPS) is 12.8. The summed E-state index contributed by atoms with van der Waals surface area (Å²) in [6, 6.07) is 11.8. The monoisotopic (exact) mass is 311 g/mol. The van der Waals surface area contributed by atoms with Crippen LogP contribution in [0, 0.1) is 6.92 Å². The summed E-state index contributed by atoms with van der Waals surface area (Å²) in [4.78, 5) is 12.3. The molecule has 2 aromatic carbocycles. The molecule has 2 aromatic rings. The molecule has 0 saturated heterocycles. The summed E-state index contributed by atoms with van der Waals surface area (Å²) in [5.74, 6) is 1.43. The van der Waals surface area contributed by atoms with Crippen LogP contribution in [0.4, 0.5) is 5.69 Å². The number of nitrogens with one attached hydrogen (secondary N) is 1. The molecule has 0 fully saturated rings. The van der Waals surface area contributed by atoms with E-state index >= 15 is 0 Å². The third kappa shape index (κ3) is 3.65. The zero-order valence-electron chi connectivity index (χ0n) is 13.5. The molecule has 4 nitrogen and oxygen atoms in total. The third-order valence-corrected chi connectivity index (χ3v) is 3.96.